The summed E-state index contributed by atoms with van der Waals surface area (Å²) >= 11 is 0. The normalized spacial score (nSPS) is 12.4. The van der Waals surface area contributed by atoms with Crippen LogP contribution in [0.1, 0.15) is 39.2 Å². The molecule has 3 aromatic carbocycles. The van der Waals surface area contributed by atoms with E-state index in [4.69, 9.17) is 9.97 Å². The van der Waals surface area contributed by atoms with E-state index in [1.807, 2.05) is 36.4 Å². The zero-order chi connectivity index (χ0) is 32.1. The van der Waals surface area contributed by atoms with E-state index in [1.165, 1.54) is 27.1 Å². The summed E-state index contributed by atoms with van der Waals surface area (Å²) in [5, 5.41) is 2.88. The molecule has 2 aromatic heterocycles. The van der Waals surface area contributed by atoms with Gasteiger partial charge >= 0.3 is 0 Å². The second-order valence-corrected chi connectivity index (χ2v) is 24.9. The summed E-state index contributed by atoms with van der Waals surface area (Å²) in [5.41, 5.74) is 8.42. The number of aromatic nitrogens is 2. The van der Waals surface area contributed by atoms with Gasteiger partial charge < -0.3 is 9.97 Å². The molecule has 1 unspecified atom stereocenters. The fraction of sp³-hybridized carbons (Fsp3) is 0.300. The minimum Gasteiger partial charge on any atom is -0.305 e. The summed E-state index contributed by atoms with van der Waals surface area (Å²) in [6, 6.07) is 37.8. The van der Waals surface area contributed by atoms with Gasteiger partial charge in [-0.15, -0.1) is 71.8 Å². The predicted octanol–water partition coefficient (Wildman–Crippen LogP) is 10.0. The summed E-state index contributed by atoms with van der Waals surface area (Å²) < 4.78 is 0. The van der Waals surface area contributed by atoms with Crippen molar-refractivity contribution < 1.29 is 20.1 Å². The first kappa shape index (κ1) is 36.5. The third kappa shape index (κ3) is 9.53. The molecule has 2 nitrogen and oxygen atoms in total. The molecule has 2 heterocycles. The summed E-state index contributed by atoms with van der Waals surface area (Å²) in [5.74, 6) is 0.500. The van der Waals surface area contributed by atoms with Gasteiger partial charge in [-0.05, 0) is 44.2 Å². The number of hydrogen-bond donors (Lipinski definition) is 0. The van der Waals surface area contributed by atoms with Crippen molar-refractivity contribution in [3.05, 3.63) is 121 Å². The number of nitrogens with zero attached hydrogens (tertiary/aromatic N) is 2. The molecule has 5 rings (SSSR count). The monoisotopic (exact) mass is 805 g/mol. The Kier molecular flexibility index (Phi) is 12.2. The molecule has 5 heteroatoms. The van der Waals surface area contributed by atoms with E-state index in [-0.39, 0.29) is 25.5 Å². The van der Waals surface area contributed by atoms with E-state index < -0.39 is 16.1 Å². The van der Waals surface area contributed by atoms with E-state index >= 15 is 0 Å². The number of benzene rings is 3. The van der Waals surface area contributed by atoms with Crippen LogP contribution in [0.15, 0.2) is 103 Å². The maximum Gasteiger partial charge on any atom is 0.0803 e. The van der Waals surface area contributed by atoms with Crippen LogP contribution in [0, 0.1) is 17.5 Å². The molecule has 0 spiro atoms. The van der Waals surface area contributed by atoms with Crippen molar-refractivity contribution in [1.82, 2.24) is 9.97 Å². The fourth-order valence-corrected chi connectivity index (χ4v) is 8.31. The van der Waals surface area contributed by atoms with Crippen molar-refractivity contribution in [2.45, 2.75) is 72.9 Å². The van der Waals surface area contributed by atoms with Gasteiger partial charge in [0.1, 0.15) is 0 Å². The van der Waals surface area contributed by atoms with Gasteiger partial charge in [0.05, 0.1) is 16.1 Å². The quantitative estimate of drug-likeness (QED) is 0.126. The van der Waals surface area contributed by atoms with Crippen molar-refractivity contribution in [2.24, 2.45) is 5.41 Å². The van der Waals surface area contributed by atoms with Crippen LogP contribution >= 0.6 is 0 Å². The van der Waals surface area contributed by atoms with Crippen LogP contribution in [-0.2, 0) is 20.1 Å². The first-order chi connectivity index (χ1) is 20.7. The Morgan fingerprint density at radius 1 is 0.622 bits per heavy atom. The number of rotatable bonds is 6. The SMILES string of the molecule is CC(c1cc(-c2[c-]cccc2)ncc1[Si](C)(C)C)C(C)(C)C.C[Si](C)(C)c1cnc(-c2[c-]cccc2)cc1-c1ccccc1.[Ir]. The summed E-state index contributed by atoms with van der Waals surface area (Å²) in [7, 11) is -2.87. The second kappa shape index (κ2) is 15.1. The molecule has 0 fully saturated rings. The van der Waals surface area contributed by atoms with Crippen LogP contribution in [0.2, 0.25) is 39.3 Å². The third-order valence-electron chi connectivity index (χ3n) is 8.28. The first-order valence-electron chi connectivity index (χ1n) is 15.7. The topological polar surface area (TPSA) is 25.8 Å². The van der Waals surface area contributed by atoms with Gasteiger partial charge in [0, 0.05) is 32.5 Å². The average Bonchev–Trinajstić information content (AvgIpc) is 3.00. The molecule has 237 valence electrons. The molecule has 5 aromatic rings. The standard InChI is InChI=1S/C20H20NSi.C20H28NSi.Ir/c1-22(2,3)20-15-21-19(17-12-8-5-9-13-17)14-18(20)16-10-6-4-7-11-16;1-15(20(2,3)4)17-13-18(16-11-9-8-10-12-16)21-14-19(17)22(5,6)7;/h4-12,14-15H,1-3H3;8-11,13-15H,1-7H3;/q2*-1;. The number of hydrogen-bond acceptors (Lipinski definition) is 2. The summed E-state index contributed by atoms with van der Waals surface area (Å²) in [6.45, 7) is 23.6. The van der Waals surface area contributed by atoms with Crippen LogP contribution < -0.4 is 10.4 Å². The smallest absolute Gasteiger partial charge is 0.0803 e. The molecule has 45 heavy (non-hydrogen) atoms. The second-order valence-electron chi connectivity index (χ2n) is 14.8. The molecule has 0 aliphatic rings. The molecule has 0 N–H and O–H groups in total. The van der Waals surface area contributed by atoms with E-state index in [0.717, 1.165) is 22.5 Å². The number of pyridine rings is 2. The van der Waals surface area contributed by atoms with E-state index in [9.17, 15) is 0 Å². The summed E-state index contributed by atoms with van der Waals surface area (Å²) in [4.78, 5) is 9.45. The predicted molar refractivity (Wildman–Crippen MR) is 196 cm³/mol. The van der Waals surface area contributed by atoms with E-state index in [2.05, 4.69) is 146 Å². The Labute approximate surface area is 288 Å². The van der Waals surface area contributed by atoms with Crippen LogP contribution in [-0.4, -0.2) is 26.1 Å². The van der Waals surface area contributed by atoms with Gasteiger partial charge in [-0.1, -0.05) is 115 Å². The largest absolute Gasteiger partial charge is 0.305 e. The molecule has 0 amide bonds. The Morgan fingerprint density at radius 2 is 1.09 bits per heavy atom. The van der Waals surface area contributed by atoms with Crippen molar-refractivity contribution in [3.8, 4) is 33.6 Å². The maximum absolute atomic E-state index is 4.74. The van der Waals surface area contributed by atoms with Crippen molar-refractivity contribution in [3.63, 3.8) is 0 Å². The van der Waals surface area contributed by atoms with Crippen LogP contribution in [0.4, 0.5) is 0 Å². The van der Waals surface area contributed by atoms with Crippen molar-refractivity contribution >= 4 is 26.5 Å². The van der Waals surface area contributed by atoms with Crippen LogP contribution in [0.3, 0.4) is 0 Å². The Bertz CT molecular complexity index is 1650. The first-order valence-corrected chi connectivity index (χ1v) is 22.7. The molecule has 0 aliphatic heterocycles. The van der Waals surface area contributed by atoms with Gasteiger partial charge in [-0.3, -0.25) is 0 Å². The van der Waals surface area contributed by atoms with Gasteiger partial charge in [0.15, 0.2) is 0 Å². The van der Waals surface area contributed by atoms with Crippen LogP contribution in [0.5, 0.6) is 0 Å². The Morgan fingerprint density at radius 3 is 1.53 bits per heavy atom. The molecule has 0 saturated carbocycles. The average molecular weight is 805 g/mol. The van der Waals surface area contributed by atoms with Gasteiger partial charge in [0.2, 0.25) is 0 Å². The van der Waals surface area contributed by atoms with Gasteiger partial charge in [0.25, 0.3) is 0 Å². The van der Waals surface area contributed by atoms with Crippen molar-refractivity contribution in [1.29, 1.82) is 0 Å². The maximum atomic E-state index is 4.74. The summed E-state index contributed by atoms with van der Waals surface area (Å²) in [6.07, 6.45) is 4.20. The van der Waals surface area contributed by atoms with E-state index in [0.29, 0.717) is 5.92 Å². The molecular weight excluding hydrogens is 757 g/mol. The minimum atomic E-state index is -1.46. The zero-order valence-corrected chi connectivity index (χ0v) is 33.0. The molecule has 1 radical (unpaired) electrons. The molecule has 1 atom stereocenters. The van der Waals surface area contributed by atoms with Crippen LogP contribution in [0.25, 0.3) is 33.6 Å². The van der Waals surface area contributed by atoms with Gasteiger partial charge in [-0.25, -0.2) is 0 Å². The molecule has 0 bridgehead atoms. The molecule has 0 saturated heterocycles. The fourth-order valence-electron chi connectivity index (χ4n) is 5.23. The third-order valence-corrected chi connectivity index (χ3v) is 12.3. The van der Waals surface area contributed by atoms with E-state index in [1.54, 1.807) is 0 Å². The Balaban J connectivity index is 0.000000240. The molecular formula is C40H48IrN2Si2-2. The minimum absolute atomic E-state index is 0. The zero-order valence-electron chi connectivity index (χ0n) is 28.6. The molecule has 0 aliphatic carbocycles. The van der Waals surface area contributed by atoms with Crippen molar-refractivity contribution in [2.75, 3.05) is 0 Å². The van der Waals surface area contributed by atoms with Gasteiger partial charge in [-0.2, -0.15) is 0 Å². The Hall–Kier alpha value is -2.96.